The lowest BCUT2D eigenvalue weighted by Crippen LogP contribution is -2.45. The first-order valence-electron chi connectivity index (χ1n) is 7.71. The van der Waals surface area contributed by atoms with Gasteiger partial charge in [-0.3, -0.25) is 9.69 Å². The first-order chi connectivity index (χ1) is 9.65. The van der Waals surface area contributed by atoms with Gasteiger partial charge in [-0.25, -0.2) is 0 Å². The number of hydrogen-bond donors (Lipinski definition) is 1. The van der Waals surface area contributed by atoms with Crippen LogP contribution in [0.2, 0.25) is 0 Å². The second kappa shape index (κ2) is 5.57. The molecule has 1 N–H and O–H groups in total. The Morgan fingerprint density at radius 1 is 1.25 bits per heavy atom. The van der Waals surface area contributed by atoms with Gasteiger partial charge in [0.2, 0.25) is 0 Å². The van der Waals surface area contributed by atoms with Crippen molar-refractivity contribution in [3.8, 4) is 0 Å². The van der Waals surface area contributed by atoms with Gasteiger partial charge < -0.3 is 5.11 Å². The van der Waals surface area contributed by atoms with Crippen molar-refractivity contribution in [3.05, 3.63) is 35.4 Å². The van der Waals surface area contributed by atoms with Gasteiger partial charge in [0.25, 0.3) is 0 Å². The van der Waals surface area contributed by atoms with E-state index in [1.807, 2.05) is 0 Å². The Bertz CT molecular complexity index is 478. The topological polar surface area (TPSA) is 40.5 Å². The van der Waals surface area contributed by atoms with Crippen LogP contribution in [-0.2, 0) is 11.3 Å². The van der Waals surface area contributed by atoms with Gasteiger partial charge in [-0.1, -0.05) is 24.3 Å². The fraction of sp³-hybridized carbons (Fsp3) is 0.588. The van der Waals surface area contributed by atoms with Crippen LogP contribution in [0.4, 0.5) is 0 Å². The number of carboxylic acids is 1. The van der Waals surface area contributed by atoms with Gasteiger partial charge in [-0.2, -0.15) is 0 Å². The Labute approximate surface area is 120 Å². The standard InChI is InChI=1S/C17H23NO2/c1-12-16(17(19)20)3-2-10-18(12)11-13-4-6-14(7-5-13)15-8-9-15/h4-7,12,15-16H,2-3,8-11H2,1H3,(H,19,20)/t12-,16-/m1/s1. The number of nitrogens with zero attached hydrogens (tertiary/aromatic N) is 1. The average Bonchev–Trinajstić information content (AvgIpc) is 3.26. The van der Waals surface area contributed by atoms with E-state index >= 15 is 0 Å². The Morgan fingerprint density at radius 3 is 2.55 bits per heavy atom. The summed E-state index contributed by atoms with van der Waals surface area (Å²) in [5.74, 6) is -0.0601. The minimum absolute atomic E-state index is 0.129. The maximum absolute atomic E-state index is 11.3. The van der Waals surface area contributed by atoms with Crippen molar-refractivity contribution >= 4 is 5.97 Å². The fourth-order valence-electron chi connectivity index (χ4n) is 3.31. The van der Waals surface area contributed by atoms with E-state index in [1.165, 1.54) is 24.0 Å². The maximum atomic E-state index is 11.3. The monoisotopic (exact) mass is 273 g/mol. The van der Waals surface area contributed by atoms with Crippen molar-refractivity contribution in [2.75, 3.05) is 6.54 Å². The van der Waals surface area contributed by atoms with Crippen LogP contribution in [0.1, 0.15) is 49.7 Å². The van der Waals surface area contributed by atoms with E-state index in [2.05, 4.69) is 36.1 Å². The third-order valence-corrected chi connectivity index (χ3v) is 4.85. The van der Waals surface area contributed by atoms with Crippen LogP contribution in [0.3, 0.4) is 0 Å². The molecule has 2 atom stereocenters. The zero-order chi connectivity index (χ0) is 14.1. The molecule has 108 valence electrons. The largest absolute Gasteiger partial charge is 0.481 e. The average molecular weight is 273 g/mol. The molecule has 1 aliphatic carbocycles. The predicted molar refractivity (Wildman–Crippen MR) is 78.6 cm³/mol. The normalized spacial score (nSPS) is 27.4. The molecule has 2 aliphatic rings. The smallest absolute Gasteiger partial charge is 0.308 e. The lowest BCUT2D eigenvalue weighted by atomic mass is 9.90. The summed E-state index contributed by atoms with van der Waals surface area (Å²) in [6.45, 7) is 3.93. The SMILES string of the molecule is C[C@@H]1[C@H](C(=O)O)CCCN1Cc1ccc(C2CC2)cc1. The van der Waals surface area contributed by atoms with Gasteiger partial charge >= 0.3 is 5.97 Å². The highest BCUT2D eigenvalue weighted by atomic mass is 16.4. The molecule has 0 radical (unpaired) electrons. The van der Waals surface area contributed by atoms with E-state index < -0.39 is 5.97 Å². The minimum atomic E-state index is -0.647. The highest BCUT2D eigenvalue weighted by Crippen LogP contribution is 2.40. The highest BCUT2D eigenvalue weighted by molar-refractivity contribution is 5.70. The maximum Gasteiger partial charge on any atom is 0.308 e. The molecule has 1 aliphatic heterocycles. The molecule has 0 aromatic heterocycles. The molecule has 3 nitrogen and oxygen atoms in total. The summed E-state index contributed by atoms with van der Waals surface area (Å²) in [5, 5.41) is 9.27. The third-order valence-electron chi connectivity index (χ3n) is 4.85. The molecule has 3 rings (SSSR count). The highest BCUT2D eigenvalue weighted by Gasteiger charge is 2.32. The van der Waals surface area contributed by atoms with Crippen molar-refractivity contribution in [1.82, 2.24) is 4.90 Å². The molecule has 1 aromatic rings. The van der Waals surface area contributed by atoms with Crippen LogP contribution in [-0.4, -0.2) is 28.6 Å². The van der Waals surface area contributed by atoms with Crippen molar-refractivity contribution < 1.29 is 9.90 Å². The van der Waals surface area contributed by atoms with E-state index in [1.54, 1.807) is 0 Å². The number of carboxylic acid groups (broad SMARTS) is 1. The van der Waals surface area contributed by atoms with Gasteiger partial charge in [0.15, 0.2) is 0 Å². The summed E-state index contributed by atoms with van der Waals surface area (Å²) in [5.41, 5.74) is 2.76. The van der Waals surface area contributed by atoms with Crippen LogP contribution in [0, 0.1) is 5.92 Å². The molecule has 1 saturated heterocycles. The number of benzene rings is 1. The predicted octanol–water partition coefficient (Wildman–Crippen LogP) is 3.25. The number of aliphatic carboxylic acids is 1. The molecule has 0 unspecified atom stereocenters. The Balaban J connectivity index is 1.65. The number of likely N-dealkylation sites (tertiary alicyclic amines) is 1. The molecule has 0 bridgehead atoms. The van der Waals surface area contributed by atoms with Gasteiger partial charge in [-0.15, -0.1) is 0 Å². The Morgan fingerprint density at radius 2 is 1.95 bits per heavy atom. The summed E-state index contributed by atoms with van der Waals surface area (Å²) in [7, 11) is 0. The summed E-state index contributed by atoms with van der Waals surface area (Å²) in [4.78, 5) is 13.6. The van der Waals surface area contributed by atoms with Crippen molar-refractivity contribution in [3.63, 3.8) is 0 Å². The molecular formula is C17H23NO2. The van der Waals surface area contributed by atoms with Crippen molar-refractivity contribution in [2.45, 2.75) is 51.1 Å². The zero-order valence-electron chi connectivity index (χ0n) is 12.1. The van der Waals surface area contributed by atoms with E-state index in [4.69, 9.17) is 0 Å². The summed E-state index contributed by atoms with van der Waals surface area (Å²) < 4.78 is 0. The molecule has 1 aromatic carbocycles. The first kappa shape index (κ1) is 13.6. The van der Waals surface area contributed by atoms with Gasteiger partial charge in [0.05, 0.1) is 5.92 Å². The van der Waals surface area contributed by atoms with Crippen LogP contribution >= 0.6 is 0 Å². The number of hydrogen-bond acceptors (Lipinski definition) is 2. The molecule has 2 fully saturated rings. The molecule has 1 heterocycles. The lowest BCUT2D eigenvalue weighted by molar-refractivity contribution is -0.145. The molecule has 1 saturated carbocycles. The van der Waals surface area contributed by atoms with Crippen LogP contribution in [0.5, 0.6) is 0 Å². The van der Waals surface area contributed by atoms with E-state index in [0.29, 0.717) is 0 Å². The minimum Gasteiger partial charge on any atom is -0.481 e. The molecule has 0 spiro atoms. The summed E-state index contributed by atoms with van der Waals surface area (Å²) in [6, 6.07) is 9.05. The molecule has 20 heavy (non-hydrogen) atoms. The van der Waals surface area contributed by atoms with Gasteiger partial charge in [0, 0.05) is 12.6 Å². The van der Waals surface area contributed by atoms with E-state index in [-0.39, 0.29) is 12.0 Å². The van der Waals surface area contributed by atoms with E-state index in [0.717, 1.165) is 31.8 Å². The molecule has 0 amide bonds. The molecular weight excluding hydrogens is 250 g/mol. The number of rotatable bonds is 4. The van der Waals surface area contributed by atoms with Crippen molar-refractivity contribution in [2.24, 2.45) is 5.92 Å². The second-order valence-electron chi connectivity index (χ2n) is 6.31. The zero-order valence-corrected chi connectivity index (χ0v) is 12.1. The summed E-state index contributed by atoms with van der Waals surface area (Å²) in [6.07, 6.45) is 4.47. The van der Waals surface area contributed by atoms with Crippen molar-refractivity contribution in [1.29, 1.82) is 0 Å². The fourth-order valence-corrected chi connectivity index (χ4v) is 3.31. The third kappa shape index (κ3) is 2.88. The van der Waals surface area contributed by atoms with Crippen LogP contribution in [0.15, 0.2) is 24.3 Å². The van der Waals surface area contributed by atoms with Gasteiger partial charge in [-0.05, 0) is 56.2 Å². The second-order valence-corrected chi connectivity index (χ2v) is 6.31. The van der Waals surface area contributed by atoms with Crippen LogP contribution in [0.25, 0.3) is 0 Å². The Hall–Kier alpha value is -1.35. The number of piperidine rings is 1. The first-order valence-corrected chi connectivity index (χ1v) is 7.71. The van der Waals surface area contributed by atoms with Crippen LogP contribution < -0.4 is 0 Å². The van der Waals surface area contributed by atoms with E-state index in [9.17, 15) is 9.90 Å². The van der Waals surface area contributed by atoms with Gasteiger partial charge in [0.1, 0.15) is 0 Å². The molecule has 3 heteroatoms. The quantitative estimate of drug-likeness (QED) is 0.915. The number of carbonyl (C=O) groups is 1. The summed E-state index contributed by atoms with van der Waals surface area (Å²) >= 11 is 0. The Kier molecular flexibility index (Phi) is 3.79. The lowest BCUT2D eigenvalue weighted by Gasteiger charge is -2.37.